The largest absolute Gasteiger partial charge is 0.392 e. The summed E-state index contributed by atoms with van der Waals surface area (Å²) in [7, 11) is 0. The zero-order chi connectivity index (χ0) is 13.0. The van der Waals surface area contributed by atoms with Crippen molar-refractivity contribution in [1.29, 1.82) is 0 Å². The molecule has 3 saturated carbocycles. The number of hydrogen-bond donors (Lipinski definition) is 1. The topological polar surface area (TPSA) is 33.1 Å². The van der Waals surface area contributed by atoms with Gasteiger partial charge in [0, 0.05) is 18.3 Å². The number of aromatic nitrogens is 1. The van der Waals surface area contributed by atoms with Gasteiger partial charge < -0.3 is 5.11 Å². The van der Waals surface area contributed by atoms with Gasteiger partial charge in [-0.25, -0.2) is 0 Å². The van der Waals surface area contributed by atoms with E-state index in [-0.39, 0.29) is 6.10 Å². The average molecular weight is 257 g/mol. The van der Waals surface area contributed by atoms with Gasteiger partial charge in [-0.1, -0.05) is 13.0 Å². The molecule has 4 rings (SSSR count). The van der Waals surface area contributed by atoms with Crippen molar-refractivity contribution in [2.45, 2.75) is 45.1 Å². The maximum absolute atomic E-state index is 10.5. The fourth-order valence-electron chi connectivity index (χ4n) is 5.04. The number of aliphatic hydroxyl groups excluding tert-OH is 1. The Morgan fingerprint density at radius 3 is 2.58 bits per heavy atom. The molecule has 2 heteroatoms. The quantitative estimate of drug-likeness (QED) is 0.899. The first-order valence-electron chi connectivity index (χ1n) is 7.89. The van der Waals surface area contributed by atoms with Crippen molar-refractivity contribution >= 4 is 0 Å². The minimum absolute atomic E-state index is 0.154. The molecular formula is C17H23NO. The molecule has 3 aliphatic carbocycles. The standard InChI is InChI=1S/C17H23NO/c1-2-10-3-6-13(18-9-10)8-14(19)17-15-11-4-5-12(7-11)16(15)17/h3,6,9,11-12,14-17,19H,2,4-5,7-8H2,1H3. The predicted octanol–water partition coefficient (Wildman–Crippen LogP) is 2.84. The number of aryl methyl sites for hydroxylation is 1. The van der Waals surface area contributed by atoms with Crippen molar-refractivity contribution in [2.75, 3.05) is 0 Å². The third-order valence-corrected chi connectivity index (χ3v) is 5.95. The monoisotopic (exact) mass is 257 g/mol. The highest BCUT2D eigenvalue weighted by molar-refractivity contribution is 5.18. The Bertz CT molecular complexity index is 453. The minimum Gasteiger partial charge on any atom is -0.392 e. The van der Waals surface area contributed by atoms with Crippen LogP contribution in [0, 0.1) is 29.6 Å². The normalized spacial score (nSPS) is 40.2. The summed E-state index contributed by atoms with van der Waals surface area (Å²) < 4.78 is 0. The predicted molar refractivity (Wildman–Crippen MR) is 74.6 cm³/mol. The summed E-state index contributed by atoms with van der Waals surface area (Å²) in [5, 5.41) is 10.5. The molecule has 1 N–H and O–H groups in total. The van der Waals surface area contributed by atoms with Gasteiger partial charge in [0.15, 0.2) is 0 Å². The Kier molecular flexibility index (Phi) is 2.70. The van der Waals surface area contributed by atoms with E-state index in [1.807, 2.05) is 6.20 Å². The van der Waals surface area contributed by atoms with Gasteiger partial charge in [-0.3, -0.25) is 4.98 Å². The second-order valence-corrected chi connectivity index (χ2v) is 6.85. The summed E-state index contributed by atoms with van der Waals surface area (Å²) in [6.45, 7) is 2.15. The lowest BCUT2D eigenvalue weighted by molar-refractivity contribution is 0.127. The smallest absolute Gasteiger partial charge is 0.0629 e. The summed E-state index contributed by atoms with van der Waals surface area (Å²) in [6.07, 6.45) is 7.91. The Morgan fingerprint density at radius 1 is 1.26 bits per heavy atom. The molecule has 0 aliphatic heterocycles. The van der Waals surface area contributed by atoms with Gasteiger partial charge in [-0.2, -0.15) is 0 Å². The SMILES string of the molecule is CCc1ccc(CC(O)C2C3C4CCC(C4)C23)nc1. The number of hydrogen-bond acceptors (Lipinski definition) is 2. The molecular weight excluding hydrogens is 234 g/mol. The molecule has 1 heterocycles. The fraction of sp³-hybridized carbons (Fsp3) is 0.706. The number of pyridine rings is 1. The van der Waals surface area contributed by atoms with E-state index >= 15 is 0 Å². The molecule has 1 aromatic rings. The zero-order valence-electron chi connectivity index (χ0n) is 11.6. The summed E-state index contributed by atoms with van der Waals surface area (Å²) in [5.74, 6) is 4.22. The first-order chi connectivity index (χ1) is 9.28. The van der Waals surface area contributed by atoms with Gasteiger partial charge in [0.25, 0.3) is 0 Å². The molecule has 0 saturated heterocycles. The Hall–Kier alpha value is -0.890. The molecule has 1 aromatic heterocycles. The number of nitrogens with zero attached hydrogens (tertiary/aromatic N) is 1. The molecule has 5 atom stereocenters. The second-order valence-electron chi connectivity index (χ2n) is 6.85. The summed E-state index contributed by atoms with van der Waals surface area (Å²) in [4.78, 5) is 4.49. The minimum atomic E-state index is -0.154. The van der Waals surface area contributed by atoms with Crippen LogP contribution in [-0.4, -0.2) is 16.2 Å². The van der Waals surface area contributed by atoms with E-state index in [2.05, 4.69) is 24.0 Å². The molecule has 5 unspecified atom stereocenters. The Morgan fingerprint density at radius 2 is 2.00 bits per heavy atom. The number of aliphatic hydroxyl groups is 1. The first-order valence-corrected chi connectivity index (χ1v) is 7.89. The highest BCUT2D eigenvalue weighted by atomic mass is 16.3. The zero-order valence-corrected chi connectivity index (χ0v) is 11.6. The maximum atomic E-state index is 10.5. The van der Waals surface area contributed by atoms with Crippen molar-refractivity contribution in [3.05, 3.63) is 29.6 Å². The summed E-state index contributed by atoms with van der Waals surface area (Å²) >= 11 is 0. The van der Waals surface area contributed by atoms with Gasteiger partial charge in [-0.05, 0) is 66.9 Å². The summed E-state index contributed by atoms with van der Waals surface area (Å²) in [5.41, 5.74) is 2.33. The van der Waals surface area contributed by atoms with E-state index in [9.17, 15) is 5.11 Å². The van der Waals surface area contributed by atoms with Gasteiger partial charge in [-0.15, -0.1) is 0 Å². The van der Waals surface area contributed by atoms with Crippen molar-refractivity contribution in [3.63, 3.8) is 0 Å². The average Bonchev–Trinajstić information content (AvgIpc) is 2.89. The third-order valence-electron chi connectivity index (χ3n) is 5.95. The molecule has 2 bridgehead atoms. The van der Waals surface area contributed by atoms with E-state index in [1.165, 1.54) is 24.8 Å². The molecule has 0 amide bonds. The molecule has 0 aromatic carbocycles. The van der Waals surface area contributed by atoms with Crippen molar-refractivity contribution in [2.24, 2.45) is 29.6 Å². The van der Waals surface area contributed by atoms with Crippen molar-refractivity contribution in [3.8, 4) is 0 Å². The van der Waals surface area contributed by atoms with Crippen LogP contribution in [0.4, 0.5) is 0 Å². The molecule has 3 aliphatic rings. The van der Waals surface area contributed by atoms with Crippen LogP contribution in [0.15, 0.2) is 18.3 Å². The number of fused-ring (bicyclic) bond motifs is 5. The van der Waals surface area contributed by atoms with Crippen LogP contribution in [0.2, 0.25) is 0 Å². The van der Waals surface area contributed by atoms with Crippen LogP contribution >= 0.6 is 0 Å². The summed E-state index contributed by atoms with van der Waals surface area (Å²) in [6, 6.07) is 4.24. The maximum Gasteiger partial charge on any atom is 0.0629 e. The molecule has 0 radical (unpaired) electrons. The second kappa shape index (κ2) is 4.31. The lowest BCUT2D eigenvalue weighted by Gasteiger charge is -2.15. The highest BCUT2D eigenvalue weighted by Gasteiger charge is 2.66. The molecule has 2 nitrogen and oxygen atoms in total. The van der Waals surface area contributed by atoms with E-state index in [1.54, 1.807) is 0 Å². The highest BCUT2D eigenvalue weighted by Crippen LogP contribution is 2.70. The van der Waals surface area contributed by atoms with Crippen LogP contribution in [0.3, 0.4) is 0 Å². The van der Waals surface area contributed by atoms with Gasteiger partial charge >= 0.3 is 0 Å². The molecule has 102 valence electrons. The Labute approximate surface area is 115 Å². The Balaban J connectivity index is 1.41. The van der Waals surface area contributed by atoms with Gasteiger partial charge in [0.05, 0.1) is 6.10 Å². The van der Waals surface area contributed by atoms with Crippen LogP contribution in [0.25, 0.3) is 0 Å². The molecule has 3 fully saturated rings. The van der Waals surface area contributed by atoms with E-state index < -0.39 is 0 Å². The van der Waals surface area contributed by atoms with Crippen LogP contribution in [0.1, 0.15) is 37.4 Å². The van der Waals surface area contributed by atoms with Gasteiger partial charge in [0.1, 0.15) is 0 Å². The van der Waals surface area contributed by atoms with Crippen LogP contribution < -0.4 is 0 Å². The van der Waals surface area contributed by atoms with Crippen molar-refractivity contribution in [1.82, 2.24) is 4.98 Å². The number of rotatable bonds is 4. The van der Waals surface area contributed by atoms with E-state index in [4.69, 9.17) is 0 Å². The molecule has 19 heavy (non-hydrogen) atoms. The molecule has 0 spiro atoms. The lowest BCUT2D eigenvalue weighted by Crippen LogP contribution is -2.19. The van der Waals surface area contributed by atoms with E-state index in [0.717, 1.165) is 42.2 Å². The van der Waals surface area contributed by atoms with E-state index in [0.29, 0.717) is 5.92 Å². The fourth-order valence-corrected chi connectivity index (χ4v) is 5.04. The lowest BCUT2D eigenvalue weighted by atomic mass is 9.96. The van der Waals surface area contributed by atoms with Gasteiger partial charge in [0.2, 0.25) is 0 Å². The third kappa shape index (κ3) is 1.84. The first kappa shape index (κ1) is 11.9. The van der Waals surface area contributed by atoms with Crippen molar-refractivity contribution < 1.29 is 5.11 Å². The van der Waals surface area contributed by atoms with Crippen LogP contribution in [-0.2, 0) is 12.8 Å². The van der Waals surface area contributed by atoms with Crippen LogP contribution in [0.5, 0.6) is 0 Å².